The first-order valence-electron chi connectivity index (χ1n) is 6.79. The molecule has 0 saturated heterocycles. The number of H-pyrrole nitrogens is 1. The number of aromatic nitrogens is 2. The second-order valence-electron chi connectivity index (χ2n) is 5.96. The van der Waals surface area contributed by atoms with E-state index in [-0.39, 0.29) is 16.7 Å². The molecule has 0 aliphatic rings. The highest BCUT2D eigenvalue weighted by Gasteiger charge is 2.21. The van der Waals surface area contributed by atoms with Crippen LogP contribution in [0.1, 0.15) is 30.6 Å². The molecular weight excluding hydrogens is 272 g/mol. The van der Waals surface area contributed by atoms with Gasteiger partial charge in [-0.2, -0.15) is 0 Å². The summed E-state index contributed by atoms with van der Waals surface area (Å²) in [7, 11) is 1.65. The Morgan fingerprint density at radius 2 is 2.14 bits per heavy atom. The zero-order chi connectivity index (χ0) is 15.6. The molecule has 0 radical (unpaired) electrons. The molecule has 0 unspecified atom stereocenters. The lowest BCUT2D eigenvalue weighted by Gasteiger charge is -2.24. The standard InChI is InChI=1S/C15H20N2O4/c1-15(2,6-7-21-3)9-17-12-8-10(13(18)19)4-5-11(12)16-14(17)20/h4-5,8H,6-7,9H2,1-3H3,(H,16,20)(H,18,19). The monoisotopic (exact) mass is 292 g/mol. The Labute approximate surface area is 122 Å². The Morgan fingerprint density at radius 3 is 2.76 bits per heavy atom. The molecule has 6 heteroatoms. The highest BCUT2D eigenvalue weighted by atomic mass is 16.5. The SMILES string of the molecule is COCCC(C)(C)Cn1c(=O)[nH]c2ccc(C(=O)O)cc21. The first-order valence-corrected chi connectivity index (χ1v) is 6.79. The van der Waals surface area contributed by atoms with Crippen LogP contribution in [-0.2, 0) is 11.3 Å². The number of nitrogens with zero attached hydrogens (tertiary/aromatic N) is 1. The van der Waals surface area contributed by atoms with Crippen LogP contribution in [0.15, 0.2) is 23.0 Å². The van der Waals surface area contributed by atoms with Crippen molar-refractivity contribution in [3.8, 4) is 0 Å². The van der Waals surface area contributed by atoms with Gasteiger partial charge in [0.1, 0.15) is 0 Å². The topological polar surface area (TPSA) is 84.3 Å². The summed E-state index contributed by atoms with van der Waals surface area (Å²) in [6.45, 7) is 5.22. The molecule has 2 rings (SSSR count). The molecule has 0 amide bonds. The zero-order valence-corrected chi connectivity index (χ0v) is 12.5. The summed E-state index contributed by atoms with van der Waals surface area (Å²) in [4.78, 5) is 25.9. The molecule has 0 saturated carbocycles. The Balaban J connectivity index is 2.43. The normalized spacial score (nSPS) is 12.0. The summed E-state index contributed by atoms with van der Waals surface area (Å²) in [6, 6.07) is 4.64. The van der Waals surface area contributed by atoms with Crippen molar-refractivity contribution in [3.05, 3.63) is 34.2 Å². The lowest BCUT2D eigenvalue weighted by molar-refractivity contribution is 0.0697. The van der Waals surface area contributed by atoms with Gasteiger partial charge in [-0.1, -0.05) is 13.8 Å². The van der Waals surface area contributed by atoms with E-state index < -0.39 is 5.97 Å². The van der Waals surface area contributed by atoms with Gasteiger partial charge in [-0.15, -0.1) is 0 Å². The van der Waals surface area contributed by atoms with Crippen molar-refractivity contribution in [3.63, 3.8) is 0 Å². The number of ether oxygens (including phenoxy) is 1. The molecule has 0 atom stereocenters. The summed E-state index contributed by atoms with van der Waals surface area (Å²) < 4.78 is 6.69. The van der Waals surface area contributed by atoms with E-state index in [1.807, 2.05) is 0 Å². The largest absolute Gasteiger partial charge is 0.478 e. The third kappa shape index (κ3) is 3.33. The van der Waals surface area contributed by atoms with Crippen molar-refractivity contribution in [1.82, 2.24) is 9.55 Å². The maximum Gasteiger partial charge on any atom is 0.335 e. The number of benzene rings is 1. The van der Waals surface area contributed by atoms with E-state index in [1.165, 1.54) is 12.1 Å². The van der Waals surface area contributed by atoms with E-state index in [9.17, 15) is 9.59 Å². The van der Waals surface area contributed by atoms with Gasteiger partial charge in [-0.25, -0.2) is 9.59 Å². The van der Waals surface area contributed by atoms with Crippen LogP contribution in [0.2, 0.25) is 0 Å². The van der Waals surface area contributed by atoms with Crippen LogP contribution in [0.5, 0.6) is 0 Å². The predicted molar refractivity (Wildman–Crippen MR) is 79.8 cm³/mol. The van der Waals surface area contributed by atoms with Gasteiger partial charge in [0.05, 0.1) is 16.6 Å². The molecule has 0 aliphatic heterocycles. The Morgan fingerprint density at radius 1 is 1.43 bits per heavy atom. The minimum Gasteiger partial charge on any atom is -0.478 e. The third-order valence-corrected chi connectivity index (χ3v) is 3.59. The third-order valence-electron chi connectivity index (χ3n) is 3.59. The average Bonchev–Trinajstić information content (AvgIpc) is 2.72. The number of fused-ring (bicyclic) bond motifs is 1. The van der Waals surface area contributed by atoms with Gasteiger partial charge in [0.15, 0.2) is 0 Å². The number of imidazole rings is 1. The summed E-state index contributed by atoms with van der Waals surface area (Å²) in [5.41, 5.74) is 1.08. The number of carbonyl (C=O) groups is 1. The fourth-order valence-electron chi connectivity index (χ4n) is 2.33. The molecule has 1 aromatic carbocycles. The van der Waals surface area contributed by atoms with Crippen molar-refractivity contribution in [2.24, 2.45) is 5.41 Å². The molecule has 1 aromatic heterocycles. The number of rotatable bonds is 6. The maximum absolute atomic E-state index is 12.1. The fraction of sp³-hybridized carbons (Fsp3) is 0.467. The lowest BCUT2D eigenvalue weighted by Crippen LogP contribution is -2.27. The molecule has 1 heterocycles. The maximum atomic E-state index is 12.1. The average molecular weight is 292 g/mol. The number of methoxy groups -OCH3 is 1. The van der Waals surface area contributed by atoms with E-state index >= 15 is 0 Å². The number of carboxylic acids is 1. The second kappa shape index (κ2) is 5.73. The van der Waals surface area contributed by atoms with Crippen LogP contribution in [0.3, 0.4) is 0 Å². The van der Waals surface area contributed by atoms with Gasteiger partial charge in [0.2, 0.25) is 0 Å². The van der Waals surface area contributed by atoms with Gasteiger partial charge < -0.3 is 14.8 Å². The molecule has 6 nitrogen and oxygen atoms in total. The quantitative estimate of drug-likeness (QED) is 0.853. The van der Waals surface area contributed by atoms with E-state index in [1.54, 1.807) is 17.7 Å². The highest BCUT2D eigenvalue weighted by Crippen LogP contribution is 2.24. The summed E-state index contributed by atoms with van der Waals surface area (Å²) >= 11 is 0. The molecule has 21 heavy (non-hydrogen) atoms. The van der Waals surface area contributed by atoms with Crippen molar-refractivity contribution in [2.45, 2.75) is 26.8 Å². The Hall–Kier alpha value is -2.08. The van der Waals surface area contributed by atoms with Crippen molar-refractivity contribution in [1.29, 1.82) is 0 Å². The Bertz CT molecular complexity index is 712. The van der Waals surface area contributed by atoms with Crippen LogP contribution in [0.25, 0.3) is 11.0 Å². The van der Waals surface area contributed by atoms with Crippen LogP contribution >= 0.6 is 0 Å². The van der Waals surface area contributed by atoms with Crippen LogP contribution in [0, 0.1) is 5.41 Å². The second-order valence-corrected chi connectivity index (χ2v) is 5.96. The van der Waals surface area contributed by atoms with Gasteiger partial charge in [-0.05, 0) is 30.0 Å². The molecule has 0 aliphatic carbocycles. The van der Waals surface area contributed by atoms with Crippen molar-refractivity contribution in [2.75, 3.05) is 13.7 Å². The number of hydrogen-bond acceptors (Lipinski definition) is 3. The first kappa shape index (κ1) is 15.3. The number of aromatic amines is 1. The van der Waals surface area contributed by atoms with Crippen molar-refractivity contribution >= 4 is 17.0 Å². The van der Waals surface area contributed by atoms with Crippen molar-refractivity contribution < 1.29 is 14.6 Å². The molecule has 2 N–H and O–H groups in total. The smallest absolute Gasteiger partial charge is 0.335 e. The van der Waals surface area contributed by atoms with Gasteiger partial charge in [-0.3, -0.25) is 4.57 Å². The van der Waals surface area contributed by atoms with Gasteiger partial charge in [0.25, 0.3) is 0 Å². The van der Waals surface area contributed by atoms with E-state index in [2.05, 4.69) is 18.8 Å². The molecule has 114 valence electrons. The summed E-state index contributed by atoms with van der Waals surface area (Å²) in [5, 5.41) is 9.08. The van der Waals surface area contributed by atoms with E-state index in [0.717, 1.165) is 6.42 Å². The molecule has 0 bridgehead atoms. The molecule has 0 spiro atoms. The number of aromatic carboxylic acids is 1. The van der Waals surface area contributed by atoms with Crippen LogP contribution < -0.4 is 5.69 Å². The fourth-order valence-corrected chi connectivity index (χ4v) is 2.33. The van der Waals surface area contributed by atoms with Crippen LogP contribution in [0.4, 0.5) is 0 Å². The van der Waals surface area contributed by atoms with E-state index in [0.29, 0.717) is 24.2 Å². The van der Waals surface area contributed by atoms with Crippen LogP contribution in [-0.4, -0.2) is 34.3 Å². The zero-order valence-electron chi connectivity index (χ0n) is 12.5. The summed E-state index contributed by atoms with van der Waals surface area (Å²) in [5.74, 6) is -1.00. The molecule has 2 aromatic rings. The van der Waals surface area contributed by atoms with E-state index in [4.69, 9.17) is 9.84 Å². The predicted octanol–water partition coefficient (Wildman–Crippen LogP) is 2.09. The number of hydrogen-bond donors (Lipinski definition) is 2. The minimum absolute atomic E-state index is 0.131. The lowest BCUT2D eigenvalue weighted by atomic mass is 9.89. The molecule has 0 fully saturated rings. The van der Waals surface area contributed by atoms with Gasteiger partial charge >= 0.3 is 11.7 Å². The Kier molecular flexibility index (Phi) is 4.18. The number of carboxylic acid groups (broad SMARTS) is 1. The minimum atomic E-state index is -1.00. The molecular formula is C15H20N2O4. The number of nitrogens with one attached hydrogen (secondary N) is 1. The van der Waals surface area contributed by atoms with Gasteiger partial charge in [0, 0.05) is 20.3 Å². The first-order chi connectivity index (χ1) is 9.84. The summed E-state index contributed by atoms with van der Waals surface area (Å²) in [6.07, 6.45) is 0.807. The highest BCUT2D eigenvalue weighted by molar-refractivity contribution is 5.92.